The highest BCUT2D eigenvalue weighted by molar-refractivity contribution is 5.92. The summed E-state index contributed by atoms with van der Waals surface area (Å²) in [5, 5.41) is 14.8. The Morgan fingerprint density at radius 1 is 1.13 bits per heavy atom. The number of ether oxygens (including phenoxy) is 2. The summed E-state index contributed by atoms with van der Waals surface area (Å²) in [5.41, 5.74) is 1.06. The van der Waals surface area contributed by atoms with E-state index in [9.17, 15) is 14.7 Å². The molecule has 1 aromatic heterocycles. The van der Waals surface area contributed by atoms with E-state index in [0.717, 1.165) is 0 Å². The Labute approximate surface area is 175 Å². The van der Waals surface area contributed by atoms with Gasteiger partial charge in [0.15, 0.2) is 0 Å². The summed E-state index contributed by atoms with van der Waals surface area (Å²) < 4.78 is 12.4. The molecule has 1 N–H and O–H groups in total. The minimum Gasteiger partial charge on any atom is -0.488 e. The zero-order chi connectivity index (χ0) is 21.3. The summed E-state index contributed by atoms with van der Waals surface area (Å²) in [7, 11) is 1.34. The number of carbonyl (C=O) groups is 2. The average molecular weight is 413 g/mol. The van der Waals surface area contributed by atoms with Gasteiger partial charge in [-0.1, -0.05) is 0 Å². The first kappa shape index (κ1) is 20.4. The number of hydrogen-bond acceptors (Lipinski definition) is 6. The normalized spacial score (nSPS) is 25.6. The van der Waals surface area contributed by atoms with E-state index in [1.807, 2.05) is 11.8 Å². The number of methoxy groups -OCH3 is 1. The summed E-state index contributed by atoms with van der Waals surface area (Å²) in [6, 6.07) is 8.47. The summed E-state index contributed by atoms with van der Waals surface area (Å²) in [4.78, 5) is 26.4. The van der Waals surface area contributed by atoms with E-state index in [1.54, 1.807) is 41.2 Å². The van der Waals surface area contributed by atoms with Crippen molar-refractivity contribution in [2.45, 2.75) is 38.5 Å². The number of esters is 1. The van der Waals surface area contributed by atoms with Crippen LogP contribution in [0.15, 0.2) is 36.5 Å². The van der Waals surface area contributed by atoms with Gasteiger partial charge in [-0.2, -0.15) is 5.10 Å². The van der Waals surface area contributed by atoms with Crippen molar-refractivity contribution in [3.63, 3.8) is 0 Å². The number of aliphatic hydroxyl groups is 1. The Balaban J connectivity index is 1.40. The van der Waals surface area contributed by atoms with Crippen molar-refractivity contribution in [3.8, 4) is 5.75 Å². The molecule has 2 fully saturated rings. The molecule has 30 heavy (non-hydrogen) atoms. The second kappa shape index (κ2) is 8.47. The summed E-state index contributed by atoms with van der Waals surface area (Å²) >= 11 is 0. The standard InChI is InChI=1S/C22H27N3O5/c1-3-25-18(8-9-23-25)21(27)24-12-15-10-19(26)20(11-16(15)13-24)30-17-6-4-14(5-7-17)22(28)29-2/h4-9,15-16,19-20,26H,3,10-13H2,1-2H3/t15-,16+,19-,20-/m0/s1. The Kier molecular flexibility index (Phi) is 5.76. The molecule has 1 saturated heterocycles. The van der Waals surface area contributed by atoms with E-state index in [1.165, 1.54) is 7.11 Å². The Bertz CT molecular complexity index is 910. The molecule has 8 nitrogen and oxygen atoms in total. The van der Waals surface area contributed by atoms with Crippen LogP contribution in [-0.4, -0.2) is 64.1 Å². The molecule has 2 aliphatic rings. The fraction of sp³-hybridized carbons (Fsp3) is 0.500. The van der Waals surface area contributed by atoms with E-state index in [4.69, 9.17) is 9.47 Å². The van der Waals surface area contributed by atoms with Gasteiger partial charge in [0.05, 0.1) is 18.8 Å². The quantitative estimate of drug-likeness (QED) is 0.754. The first-order valence-electron chi connectivity index (χ1n) is 10.3. The molecule has 2 heterocycles. The first-order valence-corrected chi connectivity index (χ1v) is 10.3. The van der Waals surface area contributed by atoms with Gasteiger partial charge < -0.3 is 19.5 Å². The second-order valence-electron chi connectivity index (χ2n) is 7.97. The maximum absolute atomic E-state index is 12.9. The van der Waals surface area contributed by atoms with E-state index in [2.05, 4.69) is 5.10 Å². The minimum atomic E-state index is -0.595. The maximum Gasteiger partial charge on any atom is 0.337 e. The van der Waals surface area contributed by atoms with Crippen molar-refractivity contribution < 1.29 is 24.2 Å². The minimum absolute atomic E-state index is 0.00546. The third-order valence-electron chi connectivity index (χ3n) is 6.17. The number of likely N-dealkylation sites (tertiary alicyclic amines) is 1. The van der Waals surface area contributed by atoms with E-state index in [0.29, 0.717) is 49.5 Å². The number of aliphatic hydroxyl groups excluding tert-OH is 1. The molecule has 1 saturated carbocycles. The molecular weight excluding hydrogens is 386 g/mol. The number of fused-ring (bicyclic) bond motifs is 1. The number of carbonyl (C=O) groups excluding carboxylic acids is 2. The summed E-state index contributed by atoms with van der Waals surface area (Å²) in [6.07, 6.45) is 2.00. The number of rotatable bonds is 5. The van der Waals surface area contributed by atoms with Gasteiger partial charge in [0.25, 0.3) is 5.91 Å². The van der Waals surface area contributed by atoms with Crippen LogP contribution < -0.4 is 4.74 Å². The number of aryl methyl sites for hydroxylation is 1. The Hall–Kier alpha value is -2.87. The molecule has 2 aromatic rings. The number of benzene rings is 1. The maximum atomic E-state index is 12.9. The lowest BCUT2D eigenvalue weighted by molar-refractivity contribution is -0.0231. The van der Waals surface area contributed by atoms with Crippen LogP contribution in [0.1, 0.15) is 40.6 Å². The van der Waals surface area contributed by atoms with Gasteiger partial charge in [0, 0.05) is 25.8 Å². The molecule has 160 valence electrons. The molecule has 4 rings (SSSR count). The van der Waals surface area contributed by atoms with Crippen molar-refractivity contribution in [1.29, 1.82) is 0 Å². The predicted octanol–water partition coefficient (Wildman–Crippen LogP) is 1.98. The molecule has 0 unspecified atom stereocenters. The van der Waals surface area contributed by atoms with Crippen LogP contribution in [0.5, 0.6) is 5.75 Å². The van der Waals surface area contributed by atoms with Gasteiger partial charge in [-0.15, -0.1) is 0 Å². The molecule has 0 spiro atoms. The molecule has 1 aliphatic carbocycles. The van der Waals surface area contributed by atoms with E-state index >= 15 is 0 Å². The van der Waals surface area contributed by atoms with Gasteiger partial charge in [0.2, 0.25) is 0 Å². The third-order valence-corrected chi connectivity index (χ3v) is 6.17. The first-order chi connectivity index (χ1) is 14.5. The molecule has 4 atom stereocenters. The molecule has 0 radical (unpaired) electrons. The van der Waals surface area contributed by atoms with Crippen LogP contribution in [-0.2, 0) is 11.3 Å². The number of aromatic nitrogens is 2. The van der Waals surface area contributed by atoms with Gasteiger partial charge >= 0.3 is 5.97 Å². The molecule has 8 heteroatoms. The molecule has 0 bridgehead atoms. The Morgan fingerprint density at radius 2 is 1.83 bits per heavy atom. The summed E-state index contributed by atoms with van der Waals surface area (Å²) in [6.45, 7) is 3.92. The highest BCUT2D eigenvalue weighted by atomic mass is 16.5. The lowest BCUT2D eigenvalue weighted by Crippen LogP contribution is -2.42. The monoisotopic (exact) mass is 413 g/mol. The lowest BCUT2D eigenvalue weighted by Gasteiger charge is -2.35. The highest BCUT2D eigenvalue weighted by Gasteiger charge is 2.44. The summed E-state index contributed by atoms with van der Waals surface area (Å²) in [5.74, 6) is 0.748. The average Bonchev–Trinajstić information content (AvgIpc) is 3.40. The zero-order valence-corrected chi connectivity index (χ0v) is 17.2. The molecule has 1 amide bonds. The fourth-order valence-electron chi connectivity index (χ4n) is 4.57. The predicted molar refractivity (Wildman–Crippen MR) is 108 cm³/mol. The SMILES string of the molecule is CCn1nccc1C(=O)N1C[C@H]2C[C@H](Oc3ccc(C(=O)OC)cc3)[C@@H](O)C[C@H]2C1. The van der Waals surface area contributed by atoms with Gasteiger partial charge in [-0.25, -0.2) is 4.79 Å². The number of nitrogens with zero attached hydrogens (tertiary/aromatic N) is 3. The van der Waals surface area contributed by atoms with Crippen LogP contribution in [0.4, 0.5) is 0 Å². The largest absolute Gasteiger partial charge is 0.488 e. The van der Waals surface area contributed by atoms with Crippen molar-refractivity contribution in [1.82, 2.24) is 14.7 Å². The number of hydrogen-bond donors (Lipinski definition) is 1. The van der Waals surface area contributed by atoms with Gasteiger partial charge in [0.1, 0.15) is 17.5 Å². The topological polar surface area (TPSA) is 93.9 Å². The van der Waals surface area contributed by atoms with Gasteiger partial charge in [-0.05, 0) is 61.9 Å². The highest BCUT2D eigenvalue weighted by Crippen LogP contribution is 2.38. The van der Waals surface area contributed by atoms with Crippen molar-refractivity contribution >= 4 is 11.9 Å². The molecule has 1 aromatic carbocycles. The second-order valence-corrected chi connectivity index (χ2v) is 7.97. The van der Waals surface area contributed by atoms with E-state index < -0.39 is 12.1 Å². The van der Waals surface area contributed by atoms with Crippen LogP contribution >= 0.6 is 0 Å². The Morgan fingerprint density at radius 3 is 2.50 bits per heavy atom. The van der Waals surface area contributed by atoms with Crippen LogP contribution in [0.25, 0.3) is 0 Å². The molecular formula is C22H27N3O5. The van der Waals surface area contributed by atoms with Crippen LogP contribution in [0, 0.1) is 11.8 Å². The van der Waals surface area contributed by atoms with Crippen molar-refractivity contribution in [3.05, 3.63) is 47.8 Å². The van der Waals surface area contributed by atoms with Crippen LogP contribution in [0.3, 0.4) is 0 Å². The number of amides is 1. The third kappa shape index (κ3) is 3.92. The fourth-order valence-corrected chi connectivity index (χ4v) is 4.57. The molecule has 1 aliphatic heterocycles. The lowest BCUT2D eigenvalue weighted by atomic mass is 9.78. The zero-order valence-electron chi connectivity index (χ0n) is 17.2. The van der Waals surface area contributed by atoms with Crippen molar-refractivity contribution in [2.24, 2.45) is 11.8 Å². The van der Waals surface area contributed by atoms with Crippen molar-refractivity contribution in [2.75, 3.05) is 20.2 Å². The van der Waals surface area contributed by atoms with Crippen LogP contribution in [0.2, 0.25) is 0 Å². The van der Waals surface area contributed by atoms with E-state index in [-0.39, 0.29) is 23.8 Å². The smallest absolute Gasteiger partial charge is 0.337 e. The van der Waals surface area contributed by atoms with Gasteiger partial charge in [-0.3, -0.25) is 9.48 Å².